The van der Waals surface area contributed by atoms with Crippen molar-refractivity contribution in [3.8, 4) is 11.5 Å². The summed E-state index contributed by atoms with van der Waals surface area (Å²) in [6.07, 6.45) is 5.44. The van der Waals surface area contributed by atoms with Gasteiger partial charge in [-0.3, -0.25) is 9.59 Å². The number of ether oxygens (including phenoxy) is 3. The highest BCUT2D eigenvalue weighted by atomic mass is 16.5. The molecule has 1 saturated carbocycles. The Bertz CT molecular complexity index is 1020. The molecule has 2 unspecified atom stereocenters. The number of carbonyl (C=O) groups is 2. The third kappa shape index (κ3) is 5.30. The molecule has 2 atom stereocenters. The third-order valence-corrected chi connectivity index (χ3v) is 6.21. The van der Waals surface area contributed by atoms with Gasteiger partial charge in [-0.2, -0.15) is 0 Å². The first kappa shape index (κ1) is 22.7. The van der Waals surface area contributed by atoms with E-state index in [9.17, 15) is 9.59 Å². The molecule has 174 valence electrons. The van der Waals surface area contributed by atoms with Gasteiger partial charge in [-0.1, -0.05) is 36.8 Å². The van der Waals surface area contributed by atoms with Crippen LogP contribution in [0, 0.1) is 0 Å². The van der Waals surface area contributed by atoms with Crippen LogP contribution in [-0.2, 0) is 20.9 Å². The Morgan fingerprint density at radius 1 is 1.09 bits per heavy atom. The van der Waals surface area contributed by atoms with Gasteiger partial charge >= 0.3 is 0 Å². The summed E-state index contributed by atoms with van der Waals surface area (Å²) in [5, 5.41) is 2.93. The van der Waals surface area contributed by atoms with E-state index in [-0.39, 0.29) is 36.3 Å². The van der Waals surface area contributed by atoms with Gasteiger partial charge in [0.2, 0.25) is 5.91 Å². The van der Waals surface area contributed by atoms with Crippen molar-refractivity contribution < 1.29 is 23.8 Å². The molecule has 0 aromatic heterocycles. The molecule has 2 amide bonds. The molecule has 2 aromatic carbocycles. The highest BCUT2D eigenvalue weighted by Gasteiger charge is 2.42. The van der Waals surface area contributed by atoms with Crippen molar-refractivity contribution in [2.45, 2.75) is 44.4 Å². The van der Waals surface area contributed by atoms with Crippen molar-refractivity contribution in [3.05, 3.63) is 65.4 Å². The Balaban J connectivity index is 1.48. The fraction of sp³-hybridized carbons (Fsp3) is 0.385. The Hall–Kier alpha value is -3.48. The lowest BCUT2D eigenvalue weighted by Gasteiger charge is -2.44. The van der Waals surface area contributed by atoms with Crippen molar-refractivity contribution in [3.63, 3.8) is 0 Å². The summed E-state index contributed by atoms with van der Waals surface area (Å²) >= 11 is 0. The number of benzene rings is 2. The lowest BCUT2D eigenvalue weighted by Crippen LogP contribution is -2.57. The molecule has 7 heteroatoms. The number of morpholine rings is 1. The molecular formula is C26H30N2O5. The van der Waals surface area contributed by atoms with Gasteiger partial charge in [0, 0.05) is 12.1 Å². The number of nitrogens with zero attached hydrogens (tertiary/aromatic N) is 1. The minimum atomic E-state index is -0.249. The third-order valence-electron chi connectivity index (χ3n) is 6.21. The standard InChI is InChI=1S/C26H30N2O5/c1-31-20-13-11-18(12-14-20)15-24-26(30)28(21-8-4-6-10-23(21)33-24)17-25(29)27-16-19-7-3-5-9-22(19)32-2/h3,5,7,9,11-15,21,23H,4,6,8,10,16-17H2,1-2H3,(H,27,29)/b24-15-. The number of rotatable bonds is 7. The van der Waals surface area contributed by atoms with Crippen LogP contribution in [0.5, 0.6) is 11.5 Å². The average Bonchev–Trinajstić information content (AvgIpc) is 2.86. The summed E-state index contributed by atoms with van der Waals surface area (Å²) in [4.78, 5) is 27.8. The van der Waals surface area contributed by atoms with E-state index in [1.54, 1.807) is 25.2 Å². The highest BCUT2D eigenvalue weighted by molar-refractivity contribution is 5.98. The van der Waals surface area contributed by atoms with Crippen LogP contribution in [0.1, 0.15) is 36.8 Å². The molecule has 2 aliphatic rings. The van der Waals surface area contributed by atoms with E-state index in [2.05, 4.69) is 5.32 Å². The van der Waals surface area contributed by atoms with Crippen LogP contribution in [0.25, 0.3) is 6.08 Å². The fourth-order valence-electron chi connectivity index (χ4n) is 4.47. The molecule has 0 spiro atoms. The van der Waals surface area contributed by atoms with Crippen molar-refractivity contribution in [1.82, 2.24) is 10.2 Å². The quantitative estimate of drug-likeness (QED) is 0.653. The second kappa shape index (κ2) is 10.4. The number of hydrogen-bond acceptors (Lipinski definition) is 5. The van der Waals surface area contributed by atoms with Gasteiger partial charge in [-0.05, 0) is 49.1 Å². The average molecular weight is 451 g/mol. The molecule has 0 radical (unpaired) electrons. The number of nitrogens with one attached hydrogen (secondary N) is 1. The number of hydrogen-bond donors (Lipinski definition) is 1. The summed E-state index contributed by atoms with van der Waals surface area (Å²) in [6.45, 7) is 0.336. The van der Waals surface area contributed by atoms with Crippen molar-refractivity contribution in [1.29, 1.82) is 0 Å². The van der Waals surface area contributed by atoms with E-state index in [1.165, 1.54) is 0 Å². The first-order valence-electron chi connectivity index (χ1n) is 11.3. The normalized spacial score (nSPS) is 21.2. The molecule has 1 aliphatic heterocycles. The monoisotopic (exact) mass is 450 g/mol. The predicted octanol–water partition coefficient (Wildman–Crippen LogP) is 3.53. The molecule has 33 heavy (non-hydrogen) atoms. The molecule has 7 nitrogen and oxygen atoms in total. The van der Waals surface area contributed by atoms with Crippen LogP contribution >= 0.6 is 0 Å². The fourth-order valence-corrected chi connectivity index (χ4v) is 4.47. The molecule has 1 saturated heterocycles. The number of para-hydroxylation sites is 1. The number of methoxy groups -OCH3 is 2. The zero-order valence-corrected chi connectivity index (χ0v) is 19.1. The molecule has 2 aromatic rings. The zero-order chi connectivity index (χ0) is 23.2. The topological polar surface area (TPSA) is 77.1 Å². The molecule has 1 aliphatic carbocycles. The summed E-state index contributed by atoms with van der Waals surface area (Å²) in [5.74, 6) is 1.29. The summed E-state index contributed by atoms with van der Waals surface area (Å²) < 4.78 is 16.7. The smallest absolute Gasteiger partial charge is 0.289 e. The van der Waals surface area contributed by atoms with E-state index in [1.807, 2.05) is 48.5 Å². The van der Waals surface area contributed by atoms with Crippen molar-refractivity contribution >= 4 is 17.9 Å². The lowest BCUT2D eigenvalue weighted by molar-refractivity contribution is -0.151. The Labute approximate surface area is 194 Å². The van der Waals surface area contributed by atoms with Crippen LogP contribution in [0.3, 0.4) is 0 Å². The Kier molecular flexibility index (Phi) is 7.17. The van der Waals surface area contributed by atoms with Crippen LogP contribution in [0.4, 0.5) is 0 Å². The second-order valence-electron chi connectivity index (χ2n) is 8.31. The maximum atomic E-state index is 13.3. The van der Waals surface area contributed by atoms with Gasteiger partial charge < -0.3 is 24.4 Å². The maximum absolute atomic E-state index is 13.3. The minimum absolute atomic E-state index is 0.00153. The van der Waals surface area contributed by atoms with Crippen molar-refractivity contribution in [2.75, 3.05) is 20.8 Å². The van der Waals surface area contributed by atoms with Crippen LogP contribution in [0.15, 0.2) is 54.3 Å². The largest absolute Gasteiger partial charge is 0.497 e. The zero-order valence-electron chi connectivity index (χ0n) is 19.1. The van der Waals surface area contributed by atoms with Crippen molar-refractivity contribution in [2.24, 2.45) is 0 Å². The number of carbonyl (C=O) groups excluding carboxylic acids is 2. The van der Waals surface area contributed by atoms with E-state index < -0.39 is 0 Å². The van der Waals surface area contributed by atoms with Crippen LogP contribution in [0.2, 0.25) is 0 Å². The molecule has 1 N–H and O–H groups in total. The summed E-state index contributed by atoms with van der Waals surface area (Å²) in [6, 6.07) is 14.9. The van der Waals surface area contributed by atoms with E-state index in [0.717, 1.165) is 48.3 Å². The van der Waals surface area contributed by atoms with Crippen LogP contribution < -0.4 is 14.8 Å². The highest BCUT2D eigenvalue weighted by Crippen LogP contribution is 2.33. The summed E-state index contributed by atoms with van der Waals surface area (Å²) in [7, 11) is 3.22. The molecular weight excluding hydrogens is 420 g/mol. The molecule has 0 bridgehead atoms. The second-order valence-corrected chi connectivity index (χ2v) is 8.31. The van der Waals surface area contributed by atoms with Gasteiger partial charge in [0.1, 0.15) is 24.1 Å². The maximum Gasteiger partial charge on any atom is 0.289 e. The number of amides is 2. The van der Waals surface area contributed by atoms with Gasteiger partial charge in [0.15, 0.2) is 5.76 Å². The molecule has 1 heterocycles. The Morgan fingerprint density at radius 2 is 1.85 bits per heavy atom. The van der Waals surface area contributed by atoms with E-state index in [4.69, 9.17) is 14.2 Å². The van der Waals surface area contributed by atoms with Gasteiger partial charge in [-0.15, -0.1) is 0 Å². The van der Waals surface area contributed by atoms with Gasteiger partial charge in [0.25, 0.3) is 5.91 Å². The van der Waals surface area contributed by atoms with E-state index >= 15 is 0 Å². The number of fused-ring (bicyclic) bond motifs is 1. The van der Waals surface area contributed by atoms with Gasteiger partial charge in [0.05, 0.1) is 20.3 Å². The first-order chi connectivity index (χ1) is 16.1. The van der Waals surface area contributed by atoms with E-state index in [0.29, 0.717) is 6.54 Å². The first-order valence-corrected chi connectivity index (χ1v) is 11.3. The SMILES string of the molecule is COc1ccc(/C=C2\OC3CCCCC3N(CC(=O)NCc3ccccc3OC)C2=O)cc1. The summed E-state index contributed by atoms with van der Waals surface area (Å²) in [5.41, 5.74) is 1.73. The van der Waals surface area contributed by atoms with Gasteiger partial charge in [-0.25, -0.2) is 0 Å². The lowest BCUT2D eigenvalue weighted by atomic mass is 9.89. The minimum Gasteiger partial charge on any atom is -0.497 e. The van der Waals surface area contributed by atoms with Crippen LogP contribution in [-0.4, -0.2) is 49.6 Å². The molecule has 4 rings (SSSR count). The predicted molar refractivity (Wildman–Crippen MR) is 125 cm³/mol. The molecule has 2 fully saturated rings. The Morgan fingerprint density at radius 3 is 2.61 bits per heavy atom.